The molecule has 0 aliphatic carbocycles. The van der Waals surface area contributed by atoms with E-state index >= 15 is 0 Å². The third kappa shape index (κ3) is 6.47. The molecule has 0 saturated heterocycles. The van der Waals surface area contributed by atoms with Crippen LogP contribution < -0.4 is 0 Å². The van der Waals surface area contributed by atoms with Crippen molar-refractivity contribution in [3.05, 3.63) is 0 Å². The molecular formula is C4H11ClOSi. The van der Waals surface area contributed by atoms with Crippen LogP contribution in [-0.4, -0.2) is 21.4 Å². The molecule has 0 saturated carbocycles. The Morgan fingerprint density at radius 1 is 1.57 bits per heavy atom. The number of rotatable bonds is 2. The first-order chi connectivity index (χ1) is 3.06. The standard InChI is InChI=1S/C4H11ClOSi/c1-4(2,5)7-6-3/h7H2,1-3H3. The van der Waals surface area contributed by atoms with Crippen molar-refractivity contribution in [1.82, 2.24) is 0 Å². The van der Waals surface area contributed by atoms with E-state index in [1.165, 1.54) is 0 Å². The monoisotopic (exact) mass is 138 g/mol. The lowest BCUT2D eigenvalue weighted by atomic mass is 10.5. The maximum Gasteiger partial charge on any atom is 0.181 e. The van der Waals surface area contributed by atoms with Gasteiger partial charge < -0.3 is 4.43 Å². The van der Waals surface area contributed by atoms with Gasteiger partial charge in [0.15, 0.2) is 9.76 Å². The molecule has 3 heteroatoms. The highest BCUT2D eigenvalue weighted by molar-refractivity contribution is 6.51. The molecule has 0 radical (unpaired) electrons. The van der Waals surface area contributed by atoms with E-state index in [0.29, 0.717) is 0 Å². The molecular weight excluding hydrogens is 128 g/mol. The van der Waals surface area contributed by atoms with Gasteiger partial charge in [0.05, 0.1) is 4.50 Å². The third-order valence-corrected chi connectivity index (χ3v) is 1.79. The summed E-state index contributed by atoms with van der Waals surface area (Å²) >= 11 is 5.77. The zero-order valence-electron chi connectivity index (χ0n) is 4.99. The first kappa shape index (κ1) is 7.47. The Hall–Kier alpha value is 0.467. The Morgan fingerprint density at radius 3 is 2.00 bits per heavy atom. The average Bonchev–Trinajstić information content (AvgIpc) is 1.30. The van der Waals surface area contributed by atoms with Gasteiger partial charge in [-0.1, -0.05) is 0 Å². The minimum Gasteiger partial charge on any atom is -0.425 e. The Labute approximate surface area is 51.9 Å². The van der Waals surface area contributed by atoms with Crippen molar-refractivity contribution in [2.75, 3.05) is 7.11 Å². The summed E-state index contributed by atoms with van der Waals surface area (Å²) in [5, 5.41) is 0. The summed E-state index contributed by atoms with van der Waals surface area (Å²) in [6, 6.07) is 0. The molecule has 7 heavy (non-hydrogen) atoms. The van der Waals surface area contributed by atoms with Crippen molar-refractivity contribution in [2.45, 2.75) is 18.3 Å². The minimum atomic E-state index is -0.475. The van der Waals surface area contributed by atoms with Gasteiger partial charge in [-0.25, -0.2) is 0 Å². The Bertz CT molecular complexity index is 50.1. The van der Waals surface area contributed by atoms with E-state index < -0.39 is 9.76 Å². The molecule has 0 aliphatic heterocycles. The molecule has 0 aliphatic rings. The fourth-order valence-electron chi connectivity index (χ4n) is 0.343. The second-order valence-corrected chi connectivity index (χ2v) is 6.26. The quantitative estimate of drug-likeness (QED) is 0.403. The maximum absolute atomic E-state index is 5.77. The highest BCUT2D eigenvalue weighted by Crippen LogP contribution is 2.08. The summed E-state index contributed by atoms with van der Waals surface area (Å²) in [6.07, 6.45) is 0. The summed E-state index contributed by atoms with van der Waals surface area (Å²) < 4.78 is 4.85. The molecule has 0 rings (SSSR count). The van der Waals surface area contributed by atoms with Crippen molar-refractivity contribution in [2.24, 2.45) is 0 Å². The van der Waals surface area contributed by atoms with Crippen LogP contribution in [-0.2, 0) is 4.43 Å². The predicted octanol–water partition coefficient (Wildman–Crippen LogP) is 0.691. The zero-order chi connectivity index (χ0) is 5.91. The van der Waals surface area contributed by atoms with Gasteiger partial charge in [-0.2, -0.15) is 0 Å². The lowest BCUT2D eigenvalue weighted by Gasteiger charge is -2.11. The summed E-state index contributed by atoms with van der Waals surface area (Å²) in [5.41, 5.74) is 0. The molecule has 0 aromatic carbocycles. The van der Waals surface area contributed by atoms with Crippen molar-refractivity contribution in [3.63, 3.8) is 0 Å². The second-order valence-electron chi connectivity index (χ2n) is 2.15. The van der Waals surface area contributed by atoms with Crippen LogP contribution in [0, 0.1) is 0 Å². The molecule has 0 amide bonds. The van der Waals surface area contributed by atoms with E-state index in [-0.39, 0.29) is 4.50 Å². The molecule has 0 fully saturated rings. The van der Waals surface area contributed by atoms with Crippen molar-refractivity contribution < 1.29 is 4.43 Å². The van der Waals surface area contributed by atoms with Crippen LogP contribution in [0.15, 0.2) is 0 Å². The fraction of sp³-hybridized carbons (Fsp3) is 1.00. The first-order valence-electron chi connectivity index (χ1n) is 2.24. The van der Waals surface area contributed by atoms with Gasteiger partial charge >= 0.3 is 0 Å². The predicted molar refractivity (Wildman–Crippen MR) is 35.5 cm³/mol. The largest absolute Gasteiger partial charge is 0.425 e. The summed E-state index contributed by atoms with van der Waals surface area (Å²) in [6.45, 7) is 3.95. The SMILES string of the molecule is CO[SiH2]C(C)(C)Cl. The van der Waals surface area contributed by atoms with E-state index in [4.69, 9.17) is 16.0 Å². The molecule has 0 N–H and O–H groups in total. The van der Waals surface area contributed by atoms with Crippen LogP contribution in [0.5, 0.6) is 0 Å². The molecule has 0 unspecified atom stereocenters. The molecule has 0 spiro atoms. The summed E-state index contributed by atoms with van der Waals surface area (Å²) in [4.78, 5) is 0. The Balaban J connectivity index is 3.15. The lowest BCUT2D eigenvalue weighted by molar-refractivity contribution is 0.430. The molecule has 0 heterocycles. The normalized spacial score (nSPS) is 13.7. The van der Waals surface area contributed by atoms with Gasteiger partial charge in [0.25, 0.3) is 0 Å². The van der Waals surface area contributed by atoms with E-state index in [1.54, 1.807) is 7.11 Å². The summed E-state index contributed by atoms with van der Waals surface area (Å²) in [7, 11) is 1.23. The average molecular weight is 139 g/mol. The van der Waals surface area contributed by atoms with E-state index in [9.17, 15) is 0 Å². The van der Waals surface area contributed by atoms with Crippen LogP contribution in [0.2, 0.25) is 0 Å². The first-order valence-corrected chi connectivity index (χ1v) is 3.90. The Kier molecular flexibility index (Phi) is 2.88. The van der Waals surface area contributed by atoms with Crippen LogP contribution >= 0.6 is 11.6 Å². The van der Waals surface area contributed by atoms with Gasteiger partial charge in [0, 0.05) is 7.11 Å². The third-order valence-electron chi connectivity index (χ3n) is 0.488. The molecule has 0 aromatic rings. The van der Waals surface area contributed by atoms with Crippen LogP contribution in [0.1, 0.15) is 13.8 Å². The fourth-order valence-corrected chi connectivity index (χ4v) is 1.36. The number of alkyl halides is 1. The second kappa shape index (κ2) is 2.70. The topological polar surface area (TPSA) is 9.23 Å². The van der Waals surface area contributed by atoms with Gasteiger partial charge in [-0.3, -0.25) is 0 Å². The van der Waals surface area contributed by atoms with Gasteiger partial charge in [-0.15, -0.1) is 11.6 Å². The molecule has 0 aromatic heterocycles. The molecule has 1 nitrogen and oxygen atoms in total. The highest BCUT2D eigenvalue weighted by Gasteiger charge is 2.12. The van der Waals surface area contributed by atoms with Crippen LogP contribution in [0.4, 0.5) is 0 Å². The maximum atomic E-state index is 5.77. The van der Waals surface area contributed by atoms with Crippen LogP contribution in [0.3, 0.4) is 0 Å². The zero-order valence-corrected chi connectivity index (χ0v) is 7.16. The number of hydrogen-bond donors (Lipinski definition) is 0. The summed E-state index contributed by atoms with van der Waals surface area (Å²) in [5.74, 6) is 0. The van der Waals surface area contributed by atoms with Crippen molar-refractivity contribution in [3.8, 4) is 0 Å². The van der Waals surface area contributed by atoms with E-state index in [0.717, 1.165) is 0 Å². The van der Waals surface area contributed by atoms with Crippen molar-refractivity contribution >= 4 is 21.4 Å². The minimum absolute atomic E-state index is 0.0608. The lowest BCUT2D eigenvalue weighted by Crippen LogP contribution is -2.21. The molecule has 44 valence electrons. The molecule has 0 atom stereocenters. The highest BCUT2D eigenvalue weighted by atomic mass is 35.5. The van der Waals surface area contributed by atoms with Crippen molar-refractivity contribution in [1.29, 1.82) is 0 Å². The van der Waals surface area contributed by atoms with Gasteiger partial charge in [-0.05, 0) is 13.8 Å². The number of hydrogen-bond acceptors (Lipinski definition) is 1. The van der Waals surface area contributed by atoms with Gasteiger partial charge in [0.1, 0.15) is 0 Å². The molecule has 0 bridgehead atoms. The van der Waals surface area contributed by atoms with Gasteiger partial charge in [0.2, 0.25) is 0 Å². The van der Waals surface area contributed by atoms with Crippen LogP contribution in [0.25, 0.3) is 0 Å². The van der Waals surface area contributed by atoms with E-state index in [1.807, 2.05) is 13.8 Å². The Morgan fingerprint density at radius 2 is 2.00 bits per heavy atom. The number of halogens is 1. The van der Waals surface area contributed by atoms with E-state index in [2.05, 4.69) is 0 Å². The smallest absolute Gasteiger partial charge is 0.181 e.